The Morgan fingerprint density at radius 1 is 1.52 bits per heavy atom. The van der Waals surface area contributed by atoms with Crippen LogP contribution in [0, 0.1) is 5.92 Å². The van der Waals surface area contributed by atoms with E-state index in [4.69, 9.17) is 4.42 Å². The molecule has 2 aliphatic rings. The van der Waals surface area contributed by atoms with Crippen LogP contribution in [0.1, 0.15) is 16.9 Å². The second-order valence-corrected chi connectivity index (χ2v) is 6.61. The van der Waals surface area contributed by atoms with Gasteiger partial charge in [0.25, 0.3) is 5.91 Å². The Hall–Kier alpha value is -1.53. The number of carbonyl (C=O) groups is 1. The molecule has 6 heteroatoms. The van der Waals surface area contributed by atoms with Gasteiger partial charge in [0.1, 0.15) is 12.0 Å². The van der Waals surface area contributed by atoms with Crippen molar-refractivity contribution in [3.63, 3.8) is 0 Å². The Morgan fingerprint density at radius 3 is 3.14 bits per heavy atom. The fourth-order valence-electron chi connectivity index (χ4n) is 3.38. The summed E-state index contributed by atoms with van der Waals surface area (Å²) < 4.78 is 5.43. The van der Waals surface area contributed by atoms with Crippen molar-refractivity contribution in [3.05, 3.63) is 24.2 Å². The van der Waals surface area contributed by atoms with Gasteiger partial charge >= 0.3 is 0 Å². The molecule has 0 aromatic carbocycles. The molecule has 0 saturated carbocycles. The molecule has 1 amide bonds. The summed E-state index contributed by atoms with van der Waals surface area (Å²) in [7, 11) is 0. The highest BCUT2D eigenvalue weighted by Gasteiger charge is 2.38. The quantitative estimate of drug-likeness (QED) is 0.879. The number of fused-ring (bicyclic) bond motifs is 3. The summed E-state index contributed by atoms with van der Waals surface area (Å²) >= 11 is 1.61. The predicted molar refractivity (Wildman–Crippen MR) is 81.6 cm³/mol. The Morgan fingerprint density at radius 2 is 2.43 bits per heavy atom. The second-order valence-electron chi connectivity index (χ2n) is 5.76. The van der Waals surface area contributed by atoms with Crippen molar-refractivity contribution in [2.24, 2.45) is 5.92 Å². The lowest BCUT2D eigenvalue weighted by molar-refractivity contribution is 0.0919. The van der Waals surface area contributed by atoms with E-state index in [0.29, 0.717) is 11.6 Å². The molecule has 3 atom stereocenters. The number of hydrogen-bond acceptors (Lipinski definition) is 5. The summed E-state index contributed by atoms with van der Waals surface area (Å²) in [6, 6.07) is 2.10. The molecule has 0 aliphatic carbocycles. The van der Waals surface area contributed by atoms with Crippen LogP contribution in [-0.4, -0.2) is 47.7 Å². The van der Waals surface area contributed by atoms with Crippen LogP contribution in [0.5, 0.6) is 0 Å². The van der Waals surface area contributed by atoms with Gasteiger partial charge in [-0.25, -0.2) is 4.98 Å². The zero-order chi connectivity index (χ0) is 14.4. The molecule has 0 spiro atoms. The Kier molecular flexibility index (Phi) is 3.15. The number of nitrogens with one attached hydrogen (secondary N) is 1. The Balaban J connectivity index is 1.56. The first-order chi connectivity index (χ1) is 10.2. The number of carbonyl (C=O) groups excluding carboxylic acids is 1. The van der Waals surface area contributed by atoms with E-state index in [1.807, 2.05) is 12.3 Å². The molecule has 5 nitrogen and oxygen atoms in total. The highest BCUT2D eigenvalue weighted by molar-refractivity contribution is 7.98. The summed E-state index contributed by atoms with van der Waals surface area (Å²) in [6.07, 6.45) is 6.53. The normalized spacial score (nSPS) is 27.4. The van der Waals surface area contributed by atoms with Gasteiger partial charge in [-0.05, 0) is 31.2 Å². The largest absolute Gasteiger partial charge is 0.462 e. The van der Waals surface area contributed by atoms with Gasteiger partial charge in [0.15, 0.2) is 5.58 Å². The molecule has 2 unspecified atom stereocenters. The number of piperidine rings is 1. The highest BCUT2D eigenvalue weighted by atomic mass is 32.2. The average Bonchev–Trinajstić information content (AvgIpc) is 3.21. The van der Waals surface area contributed by atoms with E-state index in [9.17, 15) is 4.79 Å². The lowest BCUT2D eigenvalue weighted by Crippen LogP contribution is -2.43. The zero-order valence-electron chi connectivity index (χ0n) is 11.8. The van der Waals surface area contributed by atoms with Gasteiger partial charge in [-0.15, -0.1) is 11.8 Å². The first kappa shape index (κ1) is 13.2. The van der Waals surface area contributed by atoms with Crippen molar-refractivity contribution >= 4 is 28.6 Å². The number of aromatic nitrogens is 1. The fourth-order valence-corrected chi connectivity index (χ4v) is 3.91. The molecule has 0 radical (unpaired) electrons. The molecule has 110 valence electrons. The van der Waals surface area contributed by atoms with Crippen molar-refractivity contribution in [3.8, 4) is 0 Å². The van der Waals surface area contributed by atoms with E-state index in [0.717, 1.165) is 29.0 Å². The number of nitrogens with zero attached hydrogens (tertiary/aromatic N) is 2. The van der Waals surface area contributed by atoms with Crippen LogP contribution in [0.3, 0.4) is 0 Å². The maximum absolute atomic E-state index is 12.4. The van der Waals surface area contributed by atoms with E-state index in [2.05, 4.69) is 15.2 Å². The topological polar surface area (TPSA) is 58.4 Å². The van der Waals surface area contributed by atoms with Crippen LogP contribution < -0.4 is 5.32 Å². The van der Waals surface area contributed by atoms with Gasteiger partial charge in [-0.1, -0.05) is 0 Å². The van der Waals surface area contributed by atoms with Crippen LogP contribution in [-0.2, 0) is 0 Å². The van der Waals surface area contributed by atoms with E-state index in [1.165, 1.54) is 13.0 Å². The molecule has 2 aromatic rings. The van der Waals surface area contributed by atoms with Crippen LogP contribution in [0.2, 0.25) is 0 Å². The molecule has 21 heavy (non-hydrogen) atoms. The molecule has 2 fully saturated rings. The minimum Gasteiger partial charge on any atom is -0.462 e. The van der Waals surface area contributed by atoms with Crippen LogP contribution >= 0.6 is 11.8 Å². The first-order valence-electron chi connectivity index (χ1n) is 7.19. The standard InChI is InChI=1S/C15H17N3O2S/c1-21-14-8-20-13-5-16-11(4-10(13)14)15(19)17-12-7-18-3-2-9(12)6-18/h4-5,8-9,12H,2-3,6-7H2,1H3,(H,17,19)/t9-,12?/m0/s1. The minimum atomic E-state index is -0.0797. The Labute approximate surface area is 127 Å². The van der Waals surface area contributed by atoms with Gasteiger partial charge < -0.3 is 14.6 Å². The summed E-state index contributed by atoms with van der Waals surface area (Å²) in [5, 5.41) is 4.10. The van der Waals surface area contributed by atoms with Crippen molar-refractivity contribution < 1.29 is 9.21 Å². The SMILES string of the molecule is CSc1coc2cnc(C(=O)NC3CN4CC[C@H]3C4)cc12. The molecule has 4 heterocycles. The van der Waals surface area contributed by atoms with Crippen LogP contribution in [0.15, 0.2) is 27.8 Å². The van der Waals surface area contributed by atoms with E-state index in [1.54, 1.807) is 24.2 Å². The van der Waals surface area contributed by atoms with Crippen molar-refractivity contribution in [2.75, 3.05) is 25.9 Å². The van der Waals surface area contributed by atoms with Gasteiger partial charge in [-0.2, -0.15) is 0 Å². The van der Waals surface area contributed by atoms with Crippen LogP contribution in [0.25, 0.3) is 11.0 Å². The number of thioether (sulfide) groups is 1. The third-order valence-electron chi connectivity index (χ3n) is 4.53. The van der Waals surface area contributed by atoms with Crippen molar-refractivity contribution in [2.45, 2.75) is 17.4 Å². The predicted octanol–water partition coefficient (Wildman–Crippen LogP) is 1.98. The van der Waals surface area contributed by atoms with Gasteiger partial charge in [0, 0.05) is 24.5 Å². The monoisotopic (exact) mass is 303 g/mol. The van der Waals surface area contributed by atoms with Gasteiger partial charge in [0.05, 0.1) is 11.1 Å². The summed E-state index contributed by atoms with van der Waals surface area (Å²) in [6.45, 7) is 3.27. The minimum absolute atomic E-state index is 0.0797. The third kappa shape index (κ3) is 2.22. The summed E-state index contributed by atoms with van der Waals surface area (Å²) in [5.74, 6) is 0.525. The maximum atomic E-state index is 12.4. The van der Waals surface area contributed by atoms with Crippen molar-refractivity contribution in [1.29, 1.82) is 0 Å². The first-order valence-corrected chi connectivity index (χ1v) is 8.41. The molecule has 2 bridgehead atoms. The fraction of sp³-hybridized carbons (Fsp3) is 0.467. The molecular weight excluding hydrogens is 286 g/mol. The van der Waals surface area contributed by atoms with Crippen molar-refractivity contribution in [1.82, 2.24) is 15.2 Å². The number of rotatable bonds is 3. The number of pyridine rings is 1. The van der Waals surface area contributed by atoms with Gasteiger partial charge in [-0.3, -0.25) is 4.79 Å². The lowest BCUT2D eigenvalue weighted by atomic mass is 10.00. The maximum Gasteiger partial charge on any atom is 0.270 e. The summed E-state index contributed by atoms with van der Waals surface area (Å²) in [5.41, 5.74) is 1.19. The van der Waals surface area contributed by atoms with Gasteiger partial charge in [0.2, 0.25) is 0 Å². The number of amides is 1. The number of furan rings is 1. The average molecular weight is 303 g/mol. The smallest absolute Gasteiger partial charge is 0.270 e. The Bertz CT molecular complexity index is 699. The third-order valence-corrected chi connectivity index (χ3v) is 5.28. The summed E-state index contributed by atoms with van der Waals surface area (Å²) in [4.78, 5) is 20.1. The second kappa shape index (κ2) is 5.03. The number of hydrogen-bond donors (Lipinski definition) is 1. The molecular formula is C15H17N3O2S. The molecule has 2 aromatic heterocycles. The van der Waals surface area contributed by atoms with Crippen LogP contribution in [0.4, 0.5) is 0 Å². The van der Waals surface area contributed by atoms with E-state index in [-0.39, 0.29) is 11.9 Å². The van der Waals surface area contributed by atoms with E-state index < -0.39 is 0 Å². The lowest BCUT2D eigenvalue weighted by Gasteiger charge is -2.22. The molecule has 4 rings (SSSR count). The van der Waals surface area contributed by atoms with E-state index >= 15 is 0 Å². The zero-order valence-corrected chi connectivity index (χ0v) is 12.7. The molecule has 2 saturated heterocycles. The highest BCUT2D eigenvalue weighted by Crippen LogP contribution is 2.29. The molecule has 2 aliphatic heterocycles. The molecule has 1 N–H and O–H groups in total.